The molecule has 0 fully saturated rings. The van der Waals surface area contributed by atoms with Crippen molar-refractivity contribution in [1.82, 2.24) is 19.9 Å². The fraction of sp³-hybridized carbons (Fsp3) is 0.294. The van der Waals surface area contributed by atoms with Crippen molar-refractivity contribution in [2.45, 2.75) is 54.4 Å². The van der Waals surface area contributed by atoms with E-state index in [0.29, 0.717) is 24.5 Å². The van der Waals surface area contributed by atoms with Gasteiger partial charge in [0, 0.05) is 58.2 Å². The number of para-hydroxylation sites is 1. The summed E-state index contributed by atoms with van der Waals surface area (Å²) in [6.07, 6.45) is 6.52. The number of rotatable bonds is 9. The summed E-state index contributed by atoms with van der Waals surface area (Å²) in [7, 11) is 0. The lowest BCUT2D eigenvalue weighted by Gasteiger charge is -2.17. The number of nitrogens with zero attached hydrogens (tertiary/aromatic N) is 4. The van der Waals surface area contributed by atoms with Gasteiger partial charge >= 0.3 is 0 Å². The van der Waals surface area contributed by atoms with Crippen molar-refractivity contribution in [3.63, 3.8) is 0 Å². The van der Waals surface area contributed by atoms with Crippen LogP contribution < -0.4 is 5.32 Å². The Labute approximate surface area is 255 Å². The summed E-state index contributed by atoms with van der Waals surface area (Å²) in [5.41, 5.74) is 7.32. The number of imidazole rings is 1. The van der Waals surface area contributed by atoms with Gasteiger partial charge in [-0.2, -0.15) is 0 Å². The number of hydrogen-bond acceptors (Lipinski definition) is 7. The van der Waals surface area contributed by atoms with Crippen LogP contribution in [0, 0.1) is 12.3 Å². The number of carbonyl (C=O) groups is 2. The van der Waals surface area contributed by atoms with Crippen LogP contribution in [-0.4, -0.2) is 43.9 Å². The summed E-state index contributed by atoms with van der Waals surface area (Å²) in [4.78, 5) is 48.8. The molecule has 5 rings (SSSR count). The minimum absolute atomic E-state index is 0.0486. The predicted molar refractivity (Wildman–Crippen MR) is 175 cm³/mol. The van der Waals surface area contributed by atoms with Gasteiger partial charge < -0.3 is 10.3 Å². The Morgan fingerprint density at radius 3 is 2.56 bits per heavy atom. The second-order valence-electron chi connectivity index (χ2n) is 11.8. The van der Waals surface area contributed by atoms with E-state index in [1.807, 2.05) is 70.3 Å². The molecular weight excluding hydrogens is 556 g/mol. The number of nitrogens with one attached hydrogen (secondary N) is 2. The van der Waals surface area contributed by atoms with Gasteiger partial charge in [-0.25, -0.2) is 4.98 Å². The summed E-state index contributed by atoms with van der Waals surface area (Å²) in [5.74, 6) is 0.658. The van der Waals surface area contributed by atoms with E-state index in [1.165, 1.54) is 11.3 Å². The number of aryl methyl sites for hydroxylation is 1. The molecule has 0 saturated carbocycles. The number of anilines is 1. The van der Waals surface area contributed by atoms with Crippen LogP contribution in [-0.2, 0) is 4.79 Å². The molecular formula is C34H36N6O2S. The largest absolute Gasteiger partial charge is 0.337 e. The summed E-state index contributed by atoms with van der Waals surface area (Å²) < 4.78 is 0. The van der Waals surface area contributed by atoms with E-state index in [9.17, 15) is 9.59 Å². The minimum atomic E-state index is -0.113. The maximum Gasteiger partial charge on any atom is 0.224 e. The van der Waals surface area contributed by atoms with Gasteiger partial charge in [0.15, 0.2) is 11.6 Å². The van der Waals surface area contributed by atoms with Gasteiger partial charge in [0.2, 0.25) is 5.91 Å². The topological polar surface area (TPSA) is 113 Å². The van der Waals surface area contributed by atoms with Gasteiger partial charge in [-0.1, -0.05) is 39.8 Å². The van der Waals surface area contributed by atoms with Crippen LogP contribution in [0.4, 0.5) is 5.69 Å². The van der Waals surface area contributed by atoms with Crippen LogP contribution in [0.25, 0.3) is 32.6 Å². The van der Waals surface area contributed by atoms with Gasteiger partial charge in [0.1, 0.15) is 5.71 Å². The molecule has 4 heterocycles. The zero-order valence-corrected chi connectivity index (χ0v) is 26.2. The van der Waals surface area contributed by atoms with Crippen LogP contribution in [0.15, 0.2) is 66.0 Å². The number of fused-ring (bicyclic) bond motifs is 1. The lowest BCUT2D eigenvalue weighted by atomic mass is 9.92. The highest BCUT2D eigenvalue weighted by molar-refractivity contribution is 7.17. The van der Waals surface area contributed by atoms with Crippen molar-refractivity contribution >= 4 is 45.5 Å². The molecule has 0 bridgehead atoms. The molecule has 1 aromatic carbocycles. The molecule has 5 aromatic rings. The number of aliphatic imine (C=N–C) groups is 1. The van der Waals surface area contributed by atoms with Crippen molar-refractivity contribution in [2.75, 3.05) is 11.9 Å². The number of aromatic amines is 1. The number of carbonyl (C=O) groups excluding carboxylic acids is 2. The highest BCUT2D eigenvalue weighted by Gasteiger charge is 2.20. The predicted octanol–water partition coefficient (Wildman–Crippen LogP) is 7.88. The molecule has 4 aromatic heterocycles. The Bertz CT molecular complexity index is 1840. The normalized spacial score (nSPS) is 12.1. The molecule has 2 N–H and O–H groups in total. The fourth-order valence-electron chi connectivity index (χ4n) is 4.81. The number of benzene rings is 1. The smallest absolute Gasteiger partial charge is 0.224 e. The van der Waals surface area contributed by atoms with Gasteiger partial charge in [-0.3, -0.25) is 24.5 Å². The quantitative estimate of drug-likeness (QED) is 0.134. The second-order valence-corrected chi connectivity index (χ2v) is 12.9. The van der Waals surface area contributed by atoms with Gasteiger partial charge in [-0.15, -0.1) is 11.3 Å². The molecule has 43 heavy (non-hydrogen) atoms. The van der Waals surface area contributed by atoms with Gasteiger partial charge in [-0.05, 0) is 56.0 Å². The first-order valence-electron chi connectivity index (χ1n) is 14.4. The monoisotopic (exact) mass is 592 g/mol. The molecule has 0 aliphatic heterocycles. The maximum absolute atomic E-state index is 12.5. The Balaban J connectivity index is 1.53. The molecule has 0 spiro atoms. The van der Waals surface area contributed by atoms with Crippen molar-refractivity contribution in [2.24, 2.45) is 10.4 Å². The maximum atomic E-state index is 12.5. The Kier molecular flexibility index (Phi) is 8.64. The molecule has 0 radical (unpaired) electrons. The Morgan fingerprint density at radius 1 is 1.05 bits per heavy atom. The van der Waals surface area contributed by atoms with E-state index >= 15 is 0 Å². The van der Waals surface area contributed by atoms with Crippen molar-refractivity contribution in [1.29, 1.82) is 0 Å². The van der Waals surface area contributed by atoms with E-state index in [0.717, 1.165) is 60.9 Å². The van der Waals surface area contributed by atoms with E-state index in [4.69, 9.17) is 15.0 Å². The highest BCUT2D eigenvalue weighted by Crippen LogP contribution is 2.34. The molecule has 0 unspecified atom stereocenters. The second kappa shape index (κ2) is 12.4. The van der Waals surface area contributed by atoms with Crippen LogP contribution in [0.3, 0.4) is 0 Å². The molecule has 8 nitrogen and oxygen atoms in total. The third kappa shape index (κ3) is 6.94. The fourth-order valence-corrected chi connectivity index (χ4v) is 5.74. The first-order chi connectivity index (χ1) is 20.5. The zero-order chi connectivity index (χ0) is 30.7. The summed E-state index contributed by atoms with van der Waals surface area (Å²) >= 11 is 1.47. The van der Waals surface area contributed by atoms with Crippen LogP contribution in [0.5, 0.6) is 0 Å². The lowest BCUT2D eigenvalue weighted by Crippen LogP contribution is -2.19. The third-order valence-electron chi connectivity index (χ3n) is 6.84. The average molecular weight is 593 g/mol. The summed E-state index contributed by atoms with van der Waals surface area (Å²) in [6.45, 7) is 12.4. The number of H-pyrrole nitrogens is 1. The number of amides is 1. The Morgan fingerprint density at radius 2 is 1.84 bits per heavy atom. The van der Waals surface area contributed by atoms with Crippen molar-refractivity contribution in [3.8, 4) is 21.6 Å². The summed E-state index contributed by atoms with van der Waals surface area (Å²) in [6, 6.07) is 13.8. The molecule has 220 valence electrons. The van der Waals surface area contributed by atoms with Gasteiger partial charge in [0.05, 0.1) is 27.8 Å². The van der Waals surface area contributed by atoms with E-state index in [1.54, 1.807) is 19.3 Å². The number of Topliss-reactive ketones (excluding diaryl/α,β-unsaturated/α-hetero) is 1. The number of hydrogen-bond donors (Lipinski definition) is 2. The van der Waals surface area contributed by atoms with E-state index in [-0.39, 0.29) is 17.1 Å². The number of aromatic nitrogens is 4. The molecule has 0 saturated heterocycles. The molecule has 0 atom stereocenters. The van der Waals surface area contributed by atoms with E-state index in [2.05, 4.69) is 28.3 Å². The van der Waals surface area contributed by atoms with Crippen molar-refractivity contribution < 1.29 is 9.59 Å². The average Bonchev–Trinajstić information content (AvgIpc) is 3.61. The van der Waals surface area contributed by atoms with E-state index < -0.39 is 0 Å². The number of ketones is 1. The van der Waals surface area contributed by atoms with Gasteiger partial charge in [0.25, 0.3) is 0 Å². The standard InChI is InChI=1S/C34H36N6O2S/c1-7-13-36-32(33-39-27-10-8-9-25(31(27)40-33)29-12-11-28(43-29)21(3)41)26-15-23(18-37-20(26)2)22-14-24(19-35-17-22)38-30(42)16-34(4,5)6/h8-12,14-15,17-19H,7,13,16H2,1-6H3,(H,38,42)(H,39,40). The minimum Gasteiger partial charge on any atom is -0.337 e. The van der Waals surface area contributed by atoms with Crippen LogP contribution in [0.1, 0.15) is 74.2 Å². The summed E-state index contributed by atoms with van der Waals surface area (Å²) in [5, 5.41) is 2.97. The molecule has 9 heteroatoms. The van der Waals surface area contributed by atoms with Crippen molar-refractivity contribution in [3.05, 3.63) is 83.0 Å². The number of thiophene rings is 1. The lowest BCUT2D eigenvalue weighted by molar-refractivity contribution is -0.117. The zero-order valence-electron chi connectivity index (χ0n) is 25.4. The molecule has 0 aliphatic rings. The first kappa shape index (κ1) is 30.0. The SMILES string of the molecule is CCCN=C(c1nc2c(-c3ccc(C(C)=O)s3)cccc2[nH]1)c1cc(-c2cncc(NC(=O)CC(C)(C)C)c2)cnc1C. The first-order valence-corrected chi connectivity index (χ1v) is 15.2. The molecule has 0 aliphatic carbocycles. The molecule has 1 amide bonds. The van der Waals surface area contributed by atoms with Crippen LogP contribution >= 0.6 is 11.3 Å². The van der Waals surface area contributed by atoms with Crippen LogP contribution in [0.2, 0.25) is 0 Å². The highest BCUT2D eigenvalue weighted by atomic mass is 32.1. The Hall–Kier alpha value is -4.50. The third-order valence-corrected chi connectivity index (χ3v) is 8.06. The number of pyridine rings is 2.